The van der Waals surface area contributed by atoms with Crippen molar-refractivity contribution in [3.63, 3.8) is 0 Å². The molecule has 1 aliphatic heterocycles. The number of hydrogen-bond donors (Lipinski definition) is 2. The molecule has 1 amide bonds. The monoisotopic (exact) mass is 355 g/mol. The molecular formula is C18H30ClN3O2. The van der Waals surface area contributed by atoms with Crippen molar-refractivity contribution in [2.45, 2.75) is 26.2 Å². The number of nitrogens with one attached hydrogen (secondary N) is 2. The Morgan fingerprint density at radius 3 is 2.71 bits per heavy atom. The fraction of sp³-hybridized carbons (Fsp3) is 0.611. The quantitative estimate of drug-likeness (QED) is 0.753. The number of benzene rings is 1. The summed E-state index contributed by atoms with van der Waals surface area (Å²) < 4.78 is 5.28. The van der Waals surface area contributed by atoms with Gasteiger partial charge in [-0.2, -0.15) is 0 Å². The number of piperidine rings is 1. The summed E-state index contributed by atoms with van der Waals surface area (Å²) in [6.07, 6.45) is 3.47. The summed E-state index contributed by atoms with van der Waals surface area (Å²) in [6, 6.07) is 7.52. The fourth-order valence-corrected chi connectivity index (χ4v) is 3.12. The van der Waals surface area contributed by atoms with Crippen LogP contribution >= 0.6 is 12.4 Å². The molecule has 0 unspecified atom stereocenters. The van der Waals surface area contributed by atoms with E-state index in [4.69, 9.17) is 4.74 Å². The zero-order valence-electron chi connectivity index (χ0n) is 14.7. The Bertz CT molecular complexity index is 493. The van der Waals surface area contributed by atoms with Crippen molar-refractivity contribution < 1.29 is 9.53 Å². The van der Waals surface area contributed by atoms with Gasteiger partial charge in [0.05, 0.1) is 19.3 Å². The first-order chi connectivity index (χ1) is 11.2. The smallest absolute Gasteiger partial charge is 0.238 e. The Labute approximate surface area is 151 Å². The van der Waals surface area contributed by atoms with Crippen molar-refractivity contribution in [1.29, 1.82) is 0 Å². The lowest BCUT2D eigenvalue weighted by Crippen LogP contribution is -2.40. The SMILES string of the molecule is CCCN(CC(=O)Nc1ccccc1OC)CC1CCNCC1.Cl. The van der Waals surface area contributed by atoms with Crippen molar-refractivity contribution in [3.05, 3.63) is 24.3 Å². The molecule has 1 fully saturated rings. The lowest BCUT2D eigenvalue weighted by molar-refractivity contribution is -0.117. The highest BCUT2D eigenvalue weighted by Crippen LogP contribution is 2.23. The van der Waals surface area contributed by atoms with Crippen molar-refractivity contribution in [1.82, 2.24) is 10.2 Å². The van der Waals surface area contributed by atoms with Gasteiger partial charge < -0.3 is 15.4 Å². The molecule has 0 spiro atoms. The maximum Gasteiger partial charge on any atom is 0.238 e. The average Bonchev–Trinajstić information content (AvgIpc) is 2.56. The van der Waals surface area contributed by atoms with E-state index < -0.39 is 0 Å². The second kappa shape index (κ2) is 11.3. The molecule has 6 heteroatoms. The van der Waals surface area contributed by atoms with Crippen molar-refractivity contribution in [3.8, 4) is 5.75 Å². The molecular weight excluding hydrogens is 326 g/mol. The van der Waals surface area contributed by atoms with Gasteiger partial charge in [-0.25, -0.2) is 0 Å². The standard InChI is InChI=1S/C18H29N3O2.ClH/c1-3-12-21(13-15-8-10-19-11-9-15)14-18(22)20-16-6-4-5-7-17(16)23-2;/h4-7,15,19H,3,8-14H2,1-2H3,(H,20,22);1H. The maximum absolute atomic E-state index is 12.4. The van der Waals surface area contributed by atoms with Crippen LogP contribution in [0.25, 0.3) is 0 Å². The number of rotatable bonds is 8. The first-order valence-electron chi connectivity index (χ1n) is 8.59. The number of anilines is 1. The van der Waals surface area contributed by atoms with E-state index in [2.05, 4.69) is 22.5 Å². The number of methoxy groups -OCH3 is 1. The number of ether oxygens (including phenoxy) is 1. The Morgan fingerprint density at radius 1 is 1.33 bits per heavy atom. The molecule has 1 heterocycles. The highest BCUT2D eigenvalue weighted by molar-refractivity contribution is 5.93. The number of amides is 1. The van der Waals surface area contributed by atoms with Gasteiger partial charge in [-0.05, 0) is 56.9 Å². The molecule has 0 aliphatic carbocycles. The third kappa shape index (κ3) is 6.67. The van der Waals surface area contributed by atoms with Gasteiger partial charge in [-0.15, -0.1) is 12.4 Å². The fourth-order valence-electron chi connectivity index (χ4n) is 3.12. The summed E-state index contributed by atoms with van der Waals surface area (Å²) >= 11 is 0. The predicted octanol–water partition coefficient (Wildman–Crippen LogP) is 2.77. The Kier molecular flexibility index (Phi) is 9.76. The van der Waals surface area contributed by atoms with E-state index in [1.807, 2.05) is 24.3 Å². The van der Waals surface area contributed by atoms with E-state index >= 15 is 0 Å². The van der Waals surface area contributed by atoms with Crippen molar-refractivity contribution in [2.24, 2.45) is 5.92 Å². The van der Waals surface area contributed by atoms with E-state index in [9.17, 15) is 4.79 Å². The molecule has 1 aromatic carbocycles. The molecule has 0 bridgehead atoms. The molecule has 0 aromatic heterocycles. The van der Waals surface area contributed by atoms with E-state index in [0.717, 1.165) is 38.3 Å². The van der Waals surface area contributed by atoms with Crippen LogP contribution in [0.4, 0.5) is 5.69 Å². The molecule has 2 rings (SSSR count). The van der Waals surface area contributed by atoms with E-state index in [1.165, 1.54) is 12.8 Å². The van der Waals surface area contributed by atoms with Crippen molar-refractivity contribution >= 4 is 24.0 Å². The Balaban J connectivity index is 0.00000288. The van der Waals surface area contributed by atoms with Crippen molar-refractivity contribution in [2.75, 3.05) is 45.2 Å². The minimum absolute atomic E-state index is 0. The van der Waals surface area contributed by atoms with Crippen LogP contribution in [0.5, 0.6) is 5.75 Å². The molecule has 0 radical (unpaired) electrons. The largest absolute Gasteiger partial charge is 0.495 e. The molecule has 5 nitrogen and oxygen atoms in total. The van der Waals surface area contributed by atoms with Crippen LogP contribution in [-0.2, 0) is 4.79 Å². The summed E-state index contributed by atoms with van der Waals surface area (Å²) in [6.45, 7) is 6.76. The Hall–Kier alpha value is -1.30. The van der Waals surface area contributed by atoms with Crippen LogP contribution in [-0.4, -0.2) is 50.6 Å². The van der Waals surface area contributed by atoms with E-state index in [-0.39, 0.29) is 18.3 Å². The molecule has 0 saturated carbocycles. The van der Waals surface area contributed by atoms with E-state index in [0.29, 0.717) is 18.2 Å². The molecule has 1 saturated heterocycles. The van der Waals surface area contributed by atoms with Crippen LogP contribution < -0.4 is 15.4 Å². The van der Waals surface area contributed by atoms with Crippen LogP contribution in [0.1, 0.15) is 26.2 Å². The van der Waals surface area contributed by atoms with Crippen LogP contribution in [0.3, 0.4) is 0 Å². The molecule has 0 atom stereocenters. The molecule has 1 aliphatic rings. The summed E-state index contributed by atoms with van der Waals surface area (Å²) in [7, 11) is 1.62. The average molecular weight is 356 g/mol. The van der Waals surface area contributed by atoms with Gasteiger partial charge in [0.25, 0.3) is 0 Å². The maximum atomic E-state index is 12.4. The Morgan fingerprint density at radius 2 is 2.04 bits per heavy atom. The first kappa shape index (κ1) is 20.7. The number of carbonyl (C=O) groups excluding carboxylic acids is 1. The highest BCUT2D eigenvalue weighted by atomic mass is 35.5. The normalized spacial score (nSPS) is 15.0. The summed E-state index contributed by atoms with van der Waals surface area (Å²) in [5.41, 5.74) is 0.735. The third-order valence-corrected chi connectivity index (χ3v) is 4.26. The minimum Gasteiger partial charge on any atom is -0.495 e. The molecule has 136 valence electrons. The highest BCUT2D eigenvalue weighted by Gasteiger charge is 2.19. The zero-order valence-corrected chi connectivity index (χ0v) is 15.5. The number of carbonyl (C=O) groups is 1. The van der Waals surface area contributed by atoms with Crippen LogP contribution in [0.2, 0.25) is 0 Å². The number of para-hydroxylation sites is 2. The zero-order chi connectivity index (χ0) is 16.5. The van der Waals surface area contributed by atoms with Gasteiger partial charge >= 0.3 is 0 Å². The molecule has 1 aromatic rings. The van der Waals surface area contributed by atoms with Gasteiger partial charge in [0.2, 0.25) is 5.91 Å². The lowest BCUT2D eigenvalue weighted by Gasteiger charge is -2.29. The van der Waals surface area contributed by atoms with E-state index in [1.54, 1.807) is 7.11 Å². The topological polar surface area (TPSA) is 53.6 Å². The summed E-state index contributed by atoms with van der Waals surface area (Å²) in [4.78, 5) is 14.7. The second-order valence-corrected chi connectivity index (χ2v) is 6.18. The molecule has 24 heavy (non-hydrogen) atoms. The van der Waals surface area contributed by atoms with Crippen LogP contribution in [0, 0.1) is 5.92 Å². The lowest BCUT2D eigenvalue weighted by atomic mass is 9.97. The van der Waals surface area contributed by atoms with Gasteiger partial charge in [-0.1, -0.05) is 19.1 Å². The third-order valence-electron chi connectivity index (χ3n) is 4.26. The molecule has 2 N–H and O–H groups in total. The predicted molar refractivity (Wildman–Crippen MR) is 101 cm³/mol. The second-order valence-electron chi connectivity index (χ2n) is 6.18. The minimum atomic E-state index is 0. The van der Waals surface area contributed by atoms with Gasteiger partial charge in [0.1, 0.15) is 5.75 Å². The van der Waals surface area contributed by atoms with Crippen LogP contribution in [0.15, 0.2) is 24.3 Å². The number of nitrogens with zero attached hydrogens (tertiary/aromatic N) is 1. The van der Waals surface area contributed by atoms with Gasteiger partial charge in [0.15, 0.2) is 0 Å². The summed E-state index contributed by atoms with van der Waals surface area (Å²) in [5, 5.41) is 6.36. The first-order valence-corrected chi connectivity index (χ1v) is 8.59. The summed E-state index contributed by atoms with van der Waals surface area (Å²) in [5.74, 6) is 1.42. The number of hydrogen-bond acceptors (Lipinski definition) is 4. The van der Waals surface area contributed by atoms with Gasteiger partial charge in [0, 0.05) is 6.54 Å². The number of halogens is 1. The van der Waals surface area contributed by atoms with Gasteiger partial charge in [-0.3, -0.25) is 9.69 Å².